The molecule has 0 N–H and O–H groups in total. The van der Waals surface area contributed by atoms with Gasteiger partial charge < -0.3 is 4.55 Å². The van der Waals surface area contributed by atoms with Crippen LogP contribution in [0.3, 0.4) is 0 Å². The minimum absolute atomic E-state index is 0. The van der Waals surface area contributed by atoms with E-state index in [4.69, 9.17) is 0 Å². The molecule has 3 unspecified atom stereocenters. The molecule has 98 valence electrons. The van der Waals surface area contributed by atoms with Gasteiger partial charge in [-0.3, -0.25) is 0 Å². The maximum Gasteiger partial charge on any atom is 1.00 e. The first kappa shape index (κ1) is 20.4. The monoisotopic (exact) mass is 316 g/mol. The van der Waals surface area contributed by atoms with Crippen molar-refractivity contribution in [3.05, 3.63) is 0 Å². The molecule has 0 fully saturated rings. The summed E-state index contributed by atoms with van der Waals surface area (Å²) in [6.07, 6.45) is -12.7. The van der Waals surface area contributed by atoms with Gasteiger partial charge in [0, 0.05) is 0 Å². The molecule has 3 nitrogen and oxygen atoms in total. The Morgan fingerprint density at radius 2 is 1.35 bits per heavy atom. The van der Waals surface area contributed by atoms with Gasteiger partial charge in [-0.15, -0.1) is 0 Å². The Morgan fingerprint density at radius 1 is 1.00 bits per heavy atom. The molecule has 0 amide bonds. The van der Waals surface area contributed by atoms with Crippen LogP contribution >= 0.6 is 0 Å². The van der Waals surface area contributed by atoms with E-state index in [9.17, 15) is 43.7 Å². The number of halogens is 7. The molecule has 0 spiro atoms. The number of hydrogen-bond donors (Lipinski definition) is 0. The van der Waals surface area contributed by atoms with Gasteiger partial charge in [-0.2, -0.15) is 8.78 Å². The molecule has 0 heterocycles. The average molecular weight is 316 g/mol. The number of alkyl halides is 7. The summed E-state index contributed by atoms with van der Waals surface area (Å²) in [6.45, 7) is 0. The van der Waals surface area contributed by atoms with Crippen molar-refractivity contribution in [1.82, 2.24) is 0 Å². The molecule has 3 atom stereocenters. The first-order valence-electron chi connectivity index (χ1n) is 3.45. The predicted octanol–water partition coefficient (Wildman–Crippen LogP) is -1.59. The van der Waals surface area contributed by atoms with Crippen LogP contribution in [0.4, 0.5) is 30.7 Å². The van der Waals surface area contributed by atoms with Crippen molar-refractivity contribution in [2.75, 3.05) is 0 Å². The van der Waals surface area contributed by atoms with Crippen molar-refractivity contribution < 1.29 is 95.1 Å². The van der Waals surface area contributed by atoms with Gasteiger partial charge in [-0.05, 0) is 0 Å². The van der Waals surface area contributed by atoms with Crippen molar-refractivity contribution in [3.63, 3.8) is 0 Å². The van der Waals surface area contributed by atoms with Gasteiger partial charge in [0.05, 0.1) is 0 Å². The first-order valence-corrected chi connectivity index (χ1v) is 4.92. The molecule has 12 heteroatoms. The van der Waals surface area contributed by atoms with Crippen LogP contribution in [0.2, 0.25) is 0 Å². The third-order valence-corrected chi connectivity index (χ3v) is 2.27. The maximum atomic E-state index is 12.4. The van der Waals surface area contributed by atoms with Crippen LogP contribution in [0.5, 0.6) is 0 Å². The molecule has 0 aromatic rings. The summed E-state index contributed by atoms with van der Waals surface area (Å²) in [5, 5.41) is 0. The van der Waals surface area contributed by atoms with Crippen LogP contribution < -0.4 is 51.4 Å². The third-order valence-electron chi connectivity index (χ3n) is 1.44. The fourth-order valence-electron chi connectivity index (χ4n) is 0.658. The summed E-state index contributed by atoms with van der Waals surface area (Å²) in [7, 11) is -6.28. The van der Waals surface area contributed by atoms with Gasteiger partial charge in [0.25, 0.3) is 11.9 Å². The zero-order valence-corrected chi connectivity index (χ0v) is 12.0. The minimum Gasteiger partial charge on any atom is -0.746 e. The second-order valence-electron chi connectivity index (χ2n) is 2.66. The molecule has 0 rings (SSSR count). The summed E-state index contributed by atoms with van der Waals surface area (Å²) in [4.78, 5) is 0. The quantitative estimate of drug-likeness (QED) is 0.349. The van der Waals surface area contributed by atoms with E-state index in [2.05, 4.69) is 0 Å². The molecule has 0 bridgehead atoms. The zero-order chi connectivity index (χ0) is 13.3. The molecule has 0 aliphatic carbocycles. The molecule has 17 heavy (non-hydrogen) atoms. The van der Waals surface area contributed by atoms with Crippen molar-refractivity contribution in [2.45, 2.75) is 30.2 Å². The Kier molecular flexibility index (Phi) is 8.39. The van der Waals surface area contributed by atoms with Gasteiger partial charge in [-0.25, -0.2) is 30.4 Å². The standard InChI is InChI=1S/C5H5F7O3S.K/c6-1(3(8)9)2(7)5(11,12)4(10)16(13,14)15;/h1-4H,(H,13,14,15);/q;+1/p-1. The van der Waals surface area contributed by atoms with E-state index in [1.807, 2.05) is 0 Å². The minimum atomic E-state index is -6.28. The zero-order valence-electron chi connectivity index (χ0n) is 8.09. The molecule has 0 saturated carbocycles. The Balaban J connectivity index is 0. The Morgan fingerprint density at radius 3 is 1.59 bits per heavy atom. The van der Waals surface area contributed by atoms with Crippen LogP contribution in [0.1, 0.15) is 0 Å². The summed E-state index contributed by atoms with van der Waals surface area (Å²) in [5.74, 6) is -5.68. The predicted molar refractivity (Wildman–Crippen MR) is 35.3 cm³/mol. The first-order chi connectivity index (χ1) is 6.92. The van der Waals surface area contributed by atoms with Crippen LogP contribution in [-0.4, -0.2) is 43.2 Å². The van der Waals surface area contributed by atoms with Crippen LogP contribution in [0.15, 0.2) is 0 Å². The van der Waals surface area contributed by atoms with E-state index < -0.39 is 40.3 Å². The van der Waals surface area contributed by atoms with Gasteiger partial charge >= 0.3 is 57.3 Å². The normalized spacial score (nSPS) is 18.4. The number of hydrogen-bond acceptors (Lipinski definition) is 3. The molecule has 0 aliphatic rings. The van der Waals surface area contributed by atoms with Crippen molar-refractivity contribution in [1.29, 1.82) is 0 Å². The van der Waals surface area contributed by atoms with Crippen molar-refractivity contribution >= 4 is 10.1 Å². The number of rotatable bonds is 5. The average Bonchev–Trinajstić information content (AvgIpc) is 2.12. The van der Waals surface area contributed by atoms with E-state index in [1.54, 1.807) is 0 Å². The van der Waals surface area contributed by atoms with Crippen LogP contribution in [-0.2, 0) is 10.1 Å². The van der Waals surface area contributed by atoms with Gasteiger partial charge in [0.2, 0.25) is 6.17 Å². The summed E-state index contributed by atoms with van der Waals surface area (Å²) in [6, 6.07) is 0. The third kappa shape index (κ3) is 5.28. The summed E-state index contributed by atoms with van der Waals surface area (Å²) in [5.41, 5.74) is -4.63. The van der Waals surface area contributed by atoms with E-state index >= 15 is 0 Å². The fourth-order valence-corrected chi connectivity index (χ4v) is 1.17. The Hall–Kier alpha value is 1.06. The molecule has 0 aromatic carbocycles. The van der Waals surface area contributed by atoms with Gasteiger partial charge in [-0.1, -0.05) is 0 Å². The van der Waals surface area contributed by atoms with Crippen molar-refractivity contribution in [2.24, 2.45) is 0 Å². The second-order valence-corrected chi connectivity index (χ2v) is 4.06. The van der Waals surface area contributed by atoms with E-state index in [0.717, 1.165) is 0 Å². The maximum absolute atomic E-state index is 12.4. The van der Waals surface area contributed by atoms with E-state index in [0.29, 0.717) is 0 Å². The largest absolute Gasteiger partial charge is 1.00 e. The van der Waals surface area contributed by atoms with E-state index in [-0.39, 0.29) is 51.4 Å². The van der Waals surface area contributed by atoms with Gasteiger partial charge in [0.15, 0.2) is 6.17 Å². The Bertz CT molecular complexity index is 334. The van der Waals surface area contributed by atoms with E-state index in [1.165, 1.54) is 0 Å². The van der Waals surface area contributed by atoms with Crippen LogP contribution in [0, 0.1) is 0 Å². The molecular weight excluding hydrogens is 312 g/mol. The smallest absolute Gasteiger partial charge is 0.746 e. The molecule has 0 aliphatic heterocycles. The summed E-state index contributed by atoms with van der Waals surface area (Å²) >= 11 is 0. The fraction of sp³-hybridized carbons (Fsp3) is 1.00. The topological polar surface area (TPSA) is 57.2 Å². The Labute approximate surface area is 134 Å². The second kappa shape index (κ2) is 7.00. The molecule has 0 aromatic heterocycles. The molecular formula is C5H4F7KO3S. The molecule has 0 saturated heterocycles. The summed E-state index contributed by atoms with van der Waals surface area (Å²) < 4.78 is 114. The van der Waals surface area contributed by atoms with Crippen molar-refractivity contribution in [3.8, 4) is 0 Å². The van der Waals surface area contributed by atoms with Crippen LogP contribution in [0.25, 0.3) is 0 Å². The van der Waals surface area contributed by atoms with Gasteiger partial charge in [0.1, 0.15) is 10.1 Å². The molecule has 0 radical (unpaired) electrons. The SMILES string of the molecule is O=S(=O)([O-])C(F)C(F)(F)C(F)C(F)C(F)F.[K+].